The van der Waals surface area contributed by atoms with Gasteiger partial charge in [0.25, 0.3) is 0 Å². The van der Waals surface area contributed by atoms with Crippen LogP contribution in [0.3, 0.4) is 0 Å². The minimum Gasteiger partial charge on any atom is -0.497 e. The van der Waals surface area contributed by atoms with Gasteiger partial charge in [-0.1, -0.05) is 12.1 Å². The number of nitrogens with two attached hydrogens (primary N) is 1. The molecule has 2 N–H and O–H groups in total. The van der Waals surface area contributed by atoms with Crippen molar-refractivity contribution in [1.82, 2.24) is 4.90 Å². The zero-order valence-corrected chi connectivity index (χ0v) is 17.3. The van der Waals surface area contributed by atoms with Crippen molar-refractivity contribution in [2.24, 2.45) is 5.73 Å². The smallest absolute Gasteiger partial charge is 0.242 e. The molecule has 1 heterocycles. The van der Waals surface area contributed by atoms with Crippen molar-refractivity contribution in [1.29, 1.82) is 5.26 Å². The van der Waals surface area contributed by atoms with Gasteiger partial charge in [0.15, 0.2) is 9.84 Å². The number of amides is 1. The zero-order valence-electron chi connectivity index (χ0n) is 15.7. The summed E-state index contributed by atoms with van der Waals surface area (Å²) in [4.78, 5) is 14.1. The second kappa shape index (κ2) is 8.91. The third-order valence-electron chi connectivity index (χ3n) is 5.02. The van der Waals surface area contributed by atoms with Gasteiger partial charge in [0, 0.05) is 6.54 Å². The van der Waals surface area contributed by atoms with Crippen LogP contribution in [-0.2, 0) is 20.4 Å². The number of carbonyl (C=O) groups excluding carboxylic acids is 1. The summed E-state index contributed by atoms with van der Waals surface area (Å²) in [6.45, 7) is 3.36. The molecule has 0 aliphatic carbocycles. The molecule has 1 amide bonds. The zero-order chi connectivity index (χ0) is 19.5. The molecule has 0 aromatic heterocycles. The Labute approximate surface area is 166 Å². The van der Waals surface area contributed by atoms with E-state index in [1.54, 1.807) is 24.3 Å². The predicted molar refractivity (Wildman–Crippen MR) is 105 cm³/mol. The monoisotopic (exact) mass is 415 g/mol. The summed E-state index contributed by atoms with van der Waals surface area (Å²) in [5, 5.41) is 9.15. The van der Waals surface area contributed by atoms with Gasteiger partial charge in [-0.3, -0.25) is 4.79 Å². The minimum absolute atomic E-state index is 0. The lowest BCUT2D eigenvalue weighted by Crippen LogP contribution is -2.58. The number of methoxy groups -OCH3 is 1. The maximum Gasteiger partial charge on any atom is 0.242 e. The fourth-order valence-corrected chi connectivity index (χ4v) is 4.45. The minimum atomic E-state index is -3.73. The van der Waals surface area contributed by atoms with Gasteiger partial charge in [-0.05, 0) is 44.4 Å². The van der Waals surface area contributed by atoms with Crippen molar-refractivity contribution in [3.8, 4) is 11.8 Å². The third kappa shape index (κ3) is 4.72. The summed E-state index contributed by atoms with van der Waals surface area (Å²) in [5.41, 5.74) is 6.67. The average Bonchev–Trinajstić information content (AvgIpc) is 3.09. The first kappa shape index (κ1) is 23.2. The molecule has 0 radical (unpaired) electrons. The van der Waals surface area contributed by atoms with E-state index in [9.17, 15) is 13.2 Å². The summed E-state index contributed by atoms with van der Waals surface area (Å²) in [6.07, 6.45) is 1.31. The van der Waals surface area contributed by atoms with Crippen LogP contribution in [-0.4, -0.2) is 49.7 Å². The van der Waals surface area contributed by atoms with Crippen molar-refractivity contribution >= 4 is 28.2 Å². The number of nitrogens with zero attached hydrogens (tertiary/aromatic N) is 2. The number of rotatable bonds is 6. The summed E-state index contributed by atoms with van der Waals surface area (Å²) < 4.78 is 29.5. The lowest BCUT2D eigenvalue weighted by Gasteiger charge is -2.33. The lowest BCUT2D eigenvalue weighted by molar-refractivity contribution is -0.133. The number of carbonyl (C=O) groups is 1. The van der Waals surface area contributed by atoms with Crippen molar-refractivity contribution in [2.75, 3.05) is 13.7 Å². The molecule has 0 bridgehead atoms. The topological polar surface area (TPSA) is 113 Å². The molecule has 1 aromatic rings. The molecule has 1 fully saturated rings. The van der Waals surface area contributed by atoms with E-state index in [4.69, 9.17) is 15.7 Å². The van der Waals surface area contributed by atoms with E-state index >= 15 is 0 Å². The number of benzene rings is 1. The predicted octanol–water partition coefficient (Wildman–Crippen LogP) is 1.65. The van der Waals surface area contributed by atoms with E-state index in [0.29, 0.717) is 24.3 Å². The Bertz CT molecular complexity index is 803. The van der Waals surface area contributed by atoms with Crippen LogP contribution >= 0.6 is 12.4 Å². The number of halogens is 1. The summed E-state index contributed by atoms with van der Waals surface area (Å²) in [6, 6.07) is 7.02. The van der Waals surface area contributed by atoms with Crippen molar-refractivity contribution in [3.05, 3.63) is 29.8 Å². The molecule has 7 nitrogen and oxygen atoms in total. The van der Waals surface area contributed by atoms with Gasteiger partial charge in [-0.2, -0.15) is 5.26 Å². The van der Waals surface area contributed by atoms with Crippen LogP contribution in [0.25, 0.3) is 0 Å². The van der Waals surface area contributed by atoms with Gasteiger partial charge in [0.05, 0.1) is 23.7 Å². The van der Waals surface area contributed by atoms with Crippen LogP contribution in [0.2, 0.25) is 0 Å². The molecule has 0 spiro atoms. The standard InChI is InChI=1S/C18H25N3O4S.ClH/c1-18(2,16(20)17(22)21-10-4-5-14(21)11-19)26(23,24)12-13-6-8-15(25-3)9-7-13;/h6-9,14,16H,4-5,10,12,20H2,1-3H3;1H/t14-,16+;/m0./s1. The molecule has 9 heteroatoms. The van der Waals surface area contributed by atoms with Gasteiger partial charge in [-0.25, -0.2) is 8.42 Å². The highest BCUT2D eigenvalue weighted by atomic mass is 35.5. The van der Waals surface area contributed by atoms with Gasteiger partial charge in [-0.15, -0.1) is 12.4 Å². The van der Waals surface area contributed by atoms with E-state index in [2.05, 4.69) is 6.07 Å². The first-order valence-corrected chi connectivity index (χ1v) is 10.1. The number of hydrogen-bond donors (Lipinski definition) is 1. The second-order valence-corrected chi connectivity index (χ2v) is 9.58. The van der Waals surface area contributed by atoms with Crippen LogP contribution in [0.5, 0.6) is 5.75 Å². The Morgan fingerprint density at radius 1 is 1.41 bits per heavy atom. The molecule has 1 saturated heterocycles. The molecular formula is C18H26ClN3O4S. The largest absolute Gasteiger partial charge is 0.497 e. The summed E-state index contributed by atoms with van der Waals surface area (Å²) >= 11 is 0. The molecule has 2 atom stereocenters. The molecule has 1 aliphatic rings. The Morgan fingerprint density at radius 3 is 2.52 bits per heavy atom. The van der Waals surface area contributed by atoms with E-state index in [-0.39, 0.29) is 18.2 Å². The van der Waals surface area contributed by atoms with Crippen LogP contribution in [0.1, 0.15) is 32.3 Å². The van der Waals surface area contributed by atoms with Crippen molar-refractivity contribution in [3.63, 3.8) is 0 Å². The molecule has 1 aliphatic heterocycles. The normalized spacial score (nSPS) is 18.3. The highest BCUT2D eigenvalue weighted by molar-refractivity contribution is 7.92. The van der Waals surface area contributed by atoms with E-state index < -0.39 is 32.6 Å². The second-order valence-electron chi connectivity index (χ2n) is 7.01. The number of likely N-dealkylation sites (tertiary alicyclic amines) is 1. The van der Waals surface area contributed by atoms with E-state index in [1.165, 1.54) is 25.9 Å². The molecular weight excluding hydrogens is 390 g/mol. The van der Waals surface area contributed by atoms with Gasteiger partial charge >= 0.3 is 0 Å². The Balaban J connectivity index is 0.00000364. The maximum atomic E-state index is 12.9. The number of nitriles is 1. The highest BCUT2D eigenvalue weighted by Crippen LogP contribution is 2.28. The van der Waals surface area contributed by atoms with Gasteiger partial charge in [0.2, 0.25) is 5.91 Å². The van der Waals surface area contributed by atoms with Crippen molar-refractivity contribution in [2.45, 2.75) is 49.3 Å². The van der Waals surface area contributed by atoms with E-state index in [1.807, 2.05) is 0 Å². The Morgan fingerprint density at radius 2 is 2.00 bits per heavy atom. The van der Waals surface area contributed by atoms with Gasteiger partial charge in [0.1, 0.15) is 17.8 Å². The first-order chi connectivity index (χ1) is 12.1. The Hall–Kier alpha value is -1.82. The average molecular weight is 416 g/mol. The molecule has 1 aromatic carbocycles. The maximum absolute atomic E-state index is 12.9. The fraction of sp³-hybridized carbons (Fsp3) is 0.556. The van der Waals surface area contributed by atoms with Crippen LogP contribution in [0.15, 0.2) is 24.3 Å². The number of hydrogen-bond acceptors (Lipinski definition) is 6. The summed E-state index contributed by atoms with van der Waals surface area (Å²) in [5.74, 6) is -0.0849. The number of sulfone groups is 1. The molecule has 150 valence electrons. The van der Waals surface area contributed by atoms with Crippen LogP contribution < -0.4 is 10.5 Å². The summed E-state index contributed by atoms with van der Waals surface area (Å²) in [7, 11) is -2.19. The quantitative estimate of drug-likeness (QED) is 0.755. The molecule has 0 unspecified atom stereocenters. The molecule has 2 rings (SSSR count). The van der Waals surface area contributed by atoms with Crippen molar-refractivity contribution < 1.29 is 17.9 Å². The fourth-order valence-electron chi connectivity index (χ4n) is 2.96. The lowest BCUT2D eigenvalue weighted by atomic mass is 10.0. The van der Waals surface area contributed by atoms with Gasteiger partial charge < -0.3 is 15.4 Å². The van der Waals surface area contributed by atoms with Crippen LogP contribution in [0.4, 0.5) is 0 Å². The molecule has 27 heavy (non-hydrogen) atoms. The highest BCUT2D eigenvalue weighted by Gasteiger charge is 2.46. The van der Waals surface area contributed by atoms with Crippen LogP contribution in [0, 0.1) is 11.3 Å². The van der Waals surface area contributed by atoms with E-state index in [0.717, 1.165) is 6.42 Å². The number of ether oxygens (including phenoxy) is 1. The molecule has 0 saturated carbocycles. The first-order valence-electron chi connectivity index (χ1n) is 8.45. The SMILES string of the molecule is COc1ccc(CS(=O)(=O)C(C)(C)[C@H](N)C(=O)N2CCC[C@H]2C#N)cc1.Cl. The Kier molecular flexibility index (Phi) is 7.66. The third-order valence-corrected chi connectivity index (χ3v) is 7.59.